The van der Waals surface area contributed by atoms with E-state index in [0.29, 0.717) is 11.4 Å². The van der Waals surface area contributed by atoms with Crippen LogP contribution in [0.15, 0.2) is 42.5 Å². The quantitative estimate of drug-likeness (QED) is 0.695. The SMILES string of the molecule is Cc1cc(Nc2ccc(F)cc2F)c2cc(N)ccc2n1. The van der Waals surface area contributed by atoms with Crippen LogP contribution in [0.3, 0.4) is 0 Å². The zero-order valence-corrected chi connectivity index (χ0v) is 11.3. The van der Waals surface area contributed by atoms with Crippen molar-refractivity contribution in [2.45, 2.75) is 6.92 Å². The number of anilines is 3. The first kappa shape index (κ1) is 13.3. The van der Waals surface area contributed by atoms with Crippen LogP contribution in [0.5, 0.6) is 0 Å². The maximum absolute atomic E-state index is 13.8. The highest BCUT2D eigenvalue weighted by Gasteiger charge is 2.08. The molecule has 3 nitrogen and oxygen atoms in total. The Morgan fingerprint density at radius 3 is 2.57 bits per heavy atom. The number of rotatable bonds is 2. The van der Waals surface area contributed by atoms with Crippen molar-refractivity contribution in [3.05, 3.63) is 59.8 Å². The van der Waals surface area contributed by atoms with Gasteiger partial charge in [0.15, 0.2) is 0 Å². The third-order valence-corrected chi connectivity index (χ3v) is 3.16. The van der Waals surface area contributed by atoms with E-state index in [1.165, 1.54) is 12.1 Å². The van der Waals surface area contributed by atoms with E-state index >= 15 is 0 Å². The van der Waals surface area contributed by atoms with Crippen LogP contribution in [0.1, 0.15) is 5.69 Å². The molecule has 0 saturated carbocycles. The van der Waals surface area contributed by atoms with Crippen molar-refractivity contribution >= 4 is 28.0 Å². The molecule has 3 rings (SSSR count). The molecule has 3 N–H and O–H groups in total. The molecule has 0 bridgehead atoms. The van der Waals surface area contributed by atoms with Gasteiger partial charge in [-0.3, -0.25) is 4.98 Å². The Bertz CT molecular complexity index is 831. The molecule has 0 aliphatic heterocycles. The summed E-state index contributed by atoms with van der Waals surface area (Å²) in [7, 11) is 0. The van der Waals surface area contributed by atoms with Crippen LogP contribution in [0.4, 0.5) is 25.8 Å². The number of fused-ring (bicyclic) bond motifs is 1. The first-order valence-corrected chi connectivity index (χ1v) is 6.42. The van der Waals surface area contributed by atoms with Crippen LogP contribution < -0.4 is 11.1 Å². The normalized spacial score (nSPS) is 10.8. The molecule has 5 heteroatoms. The number of benzene rings is 2. The summed E-state index contributed by atoms with van der Waals surface area (Å²) in [6, 6.07) is 10.5. The molecule has 0 aliphatic carbocycles. The Morgan fingerprint density at radius 2 is 1.81 bits per heavy atom. The first-order valence-electron chi connectivity index (χ1n) is 6.42. The molecule has 0 saturated heterocycles. The number of pyridine rings is 1. The van der Waals surface area contributed by atoms with Gasteiger partial charge in [-0.1, -0.05) is 0 Å². The number of hydrogen-bond donors (Lipinski definition) is 2. The van der Waals surface area contributed by atoms with E-state index in [4.69, 9.17) is 5.73 Å². The first-order chi connectivity index (χ1) is 10.0. The minimum atomic E-state index is -0.651. The summed E-state index contributed by atoms with van der Waals surface area (Å²) in [5.74, 6) is -1.26. The van der Waals surface area contributed by atoms with Crippen molar-refractivity contribution in [3.63, 3.8) is 0 Å². The Labute approximate surface area is 120 Å². The molecular weight excluding hydrogens is 272 g/mol. The lowest BCUT2D eigenvalue weighted by Gasteiger charge is -2.12. The maximum Gasteiger partial charge on any atom is 0.149 e. The lowest BCUT2D eigenvalue weighted by molar-refractivity contribution is 0.586. The van der Waals surface area contributed by atoms with Crippen molar-refractivity contribution in [1.82, 2.24) is 4.98 Å². The maximum atomic E-state index is 13.8. The second-order valence-corrected chi connectivity index (χ2v) is 4.84. The Morgan fingerprint density at radius 1 is 1.00 bits per heavy atom. The second kappa shape index (κ2) is 5.01. The van der Waals surface area contributed by atoms with Gasteiger partial charge in [0, 0.05) is 28.5 Å². The Kier molecular flexibility index (Phi) is 3.17. The molecule has 1 heterocycles. The lowest BCUT2D eigenvalue weighted by atomic mass is 10.1. The number of nitrogens with zero attached hydrogens (tertiary/aromatic N) is 1. The molecule has 21 heavy (non-hydrogen) atoms. The monoisotopic (exact) mass is 285 g/mol. The van der Waals surface area contributed by atoms with Gasteiger partial charge >= 0.3 is 0 Å². The molecule has 0 fully saturated rings. The van der Waals surface area contributed by atoms with E-state index in [1.54, 1.807) is 18.2 Å². The average molecular weight is 285 g/mol. The standard InChI is InChI=1S/C16H13F2N3/c1-9-6-16(12-8-11(19)3-5-14(12)20-9)21-15-4-2-10(17)7-13(15)18/h2-8H,19H2,1H3,(H,20,21). The van der Waals surface area contributed by atoms with Gasteiger partial charge in [-0.15, -0.1) is 0 Å². The van der Waals surface area contributed by atoms with Crippen LogP contribution in [-0.4, -0.2) is 4.98 Å². The summed E-state index contributed by atoms with van der Waals surface area (Å²) in [6.07, 6.45) is 0. The van der Waals surface area contributed by atoms with Gasteiger partial charge in [-0.2, -0.15) is 0 Å². The van der Waals surface area contributed by atoms with Crippen LogP contribution in [0.25, 0.3) is 10.9 Å². The fraction of sp³-hybridized carbons (Fsp3) is 0.0625. The van der Waals surface area contributed by atoms with Gasteiger partial charge < -0.3 is 11.1 Å². The molecule has 1 aromatic heterocycles. The van der Waals surface area contributed by atoms with Crippen molar-refractivity contribution < 1.29 is 8.78 Å². The van der Waals surface area contributed by atoms with Gasteiger partial charge in [0.2, 0.25) is 0 Å². The van der Waals surface area contributed by atoms with E-state index in [1.807, 2.05) is 13.0 Å². The molecule has 0 amide bonds. The molecule has 0 unspecified atom stereocenters. The topological polar surface area (TPSA) is 50.9 Å². The molecule has 0 spiro atoms. The number of halogens is 2. The lowest BCUT2D eigenvalue weighted by Crippen LogP contribution is -1.98. The van der Waals surface area contributed by atoms with Gasteiger partial charge in [-0.05, 0) is 43.3 Å². The molecule has 2 aromatic carbocycles. The van der Waals surface area contributed by atoms with Gasteiger partial charge in [0.05, 0.1) is 11.2 Å². The van der Waals surface area contributed by atoms with Crippen molar-refractivity contribution in [1.29, 1.82) is 0 Å². The largest absolute Gasteiger partial charge is 0.399 e. The van der Waals surface area contributed by atoms with E-state index in [9.17, 15) is 8.78 Å². The highest BCUT2D eigenvalue weighted by atomic mass is 19.1. The molecule has 0 aliphatic rings. The Hall–Kier alpha value is -2.69. The number of aromatic nitrogens is 1. The van der Waals surface area contributed by atoms with Crippen LogP contribution in [0, 0.1) is 18.6 Å². The van der Waals surface area contributed by atoms with Crippen LogP contribution >= 0.6 is 0 Å². The summed E-state index contributed by atoms with van der Waals surface area (Å²) in [6.45, 7) is 1.85. The van der Waals surface area contributed by atoms with E-state index in [0.717, 1.165) is 22.7 Å². The average Bonchev–Trinajstić information content (AvgIpc) is 2.42. The highest BCUT2D eigenvalue weighted by molar-refractivity contribution is 5.95. The smallest absolute Gasteiger partial charge is 0.149 e. The van der Waals surface area contributed by atoms with Crippen molar-refractivity contribution in [3.8, 4) is 0 Å². The van der Waals surface area contributed by atoms with Crippen molar-refractivity contribution in [2.24, 2.45) is 0 Å². The third kappa shape index (κ3) is 2.63. The van der Waals surface area contributed by atoms with Crippen molar-refractivity contribution in [2.75, 3.05) is 11.1 Å². The summed E-state index contributed by atoms with van der Waals surface area (Å²) in [5, 5.41) is 3.76. The van der Waals surface area contributed by atoms with Gasteiger partial charge in [0.25, 0.3) is 0 Å². The fourth-order valence-electron chi connectivity index (χ4n) is 2.22. The van der Waals surface area contributed by atoms with Crippen LogP contribution in [0.2, 0.25) is 0 Å². The second-order valence-electron chi connectivity index (χ2n) is 4.84. The Balaban J connectivity index is 2.13. The zero-order valence-electron chi connectivity index (χ0n) is 11.3. The number of nitrogens with one attached hydrogen (secondary N) is 1. The molecule has 3 aromatic rings. The summed E-state index contributed by atoms with van der Waals surface area (Å²) < 4.78 is 26.7. The van der Waals surface area contributed by atoms with Gasteiger partial charge in [0.1, 0.15) is 11.6 Å². The summed E-state index contributed by atoms with van der Waals surface area (Å²) >= 11 is 0. The molecular formula is C16H13F2N3. The third-order valence-electron chi connectivity index (χ3n) is 3.16. The van der Waals surface area contributed by atoms with Gasteiger partial charge in [-0.25, -0.2) is 8.78 Å². The summed E-state index contributed by atoms with van der Waals surface area (Å²) in [4.78, 5) is 4.41. The molecule has 106 valence electrons. The summed E-state index contributed by atoms with van der Waals surface area (Å²) in [5.41, 5.74) is 8.81. The fourth-order valence-corrected chi connectivity index (χ4v) is 2.22. The predicted molar refractivity (Wildman–Crippen MR) is 80.5 cm³/mol. The minimum absolute atomic E-state index is 0.200. The van der Waals surface area contributed by atoms with E-state index in [2.05, 4.69) is 10.3 Å². The number of nitrogens with two attached hydrogens (primary N) is 1. The highest BCUT2D eigenvalue weighted by Crippen LogP contribution is 2.29. The molecule has 0 radical (unpaired) electrons. The number of hydrogen-bond acceptors (Lipinski definition) is 3. The number of aryl methyl sites for hydroxylation is 1. The predicted octanol–water partition coefficient (Wildman–Crippen LogP) is 4.15. The van der Waals surface area contributed by atoms with E-state index in [-0.39, 0.29) is 5.69 Å². The molecule has 0 atom stereocenters. The van der Waals surface area contributed by atoms with E-state index < -0.39 is 11.6 Å². The number of nitrogen functional groups attached to an aromatic ring is 1. The zero-order chi connectivity index (χ0) is 15.0. The van der Waals surface area contributed by atoms with Crippen LogP contribution in [-0.2, 0) is 0 Å². The minimum Gasteiger partial charge on any atom is -0.399 e.